The lowest BCUT2D eigenvalue weighted by molar-refractivity contribution is -0.752. The number of sulfone groups is 1. The molecule has 0 unspecified atom stereocenters. The molecular weight excluding hydrogens is 262 g/mol. The van der Waals surface area contributed by atoms with E-state index < -0.39 is 46.6 Å². The van der Waals surface area contributed by atoms with Gasteiger partial charge in [-0.05, 0) is 6.92 Å². The molecule has 0 fully saturated rings. The second-order valence-electron chi connectivity index (χ2n) is 3.21. The van der Waals surface area contributed by atoms with Crippen molar-refractivity contribution in [2.24, 2.45) is 0 Å². The van der Waals surface area contributed by atoms with E-state index in [1.54, 1.807) is 0 Å². The molecule has 0 aliphatic carbocycles. The first kappa shape index (κ1) is 13.0. The third-order valence-electron chi connectivity index (χ3n) is 2.40. The Morgan fingerprint density at radius 3 is 1.71 bits per heavy atom. The average Bonchev–Trinajstić information content (AvgIpc) is 2.33. The maximum Gasteiger partial charge on any atom is 0.585 e. The summed E-state index contributed by atoms with van der Waals surface area (Å²) >= 11 is 0. The van der Waals surface area contributed by atoms with Crippen molar-refractivity contribution in [2.75, 3.05) is 5.75 Å². The molecule has 0 aromatic carbocycles. The average molecular weight is 267 g/mol. The SMILES string of the molecule is CC1=C([N+](=O)[O-])CS(=O)(=O)C1([N+](=O)[O-])[N+](=O)[O-]. The minimum Gasteiger partial charge on any atom is -0.259 e. The van der Waals surface area contributed by atoms with E-state index in [-0.39, 0.29) is 0 Å². The van der Waals surface area contributed by atoms with Crippen LogP contribution in [0, 0.1) is 30.3 Å². The lowest BCUT2D eigenvalue weighted by atomic mass is 10.2. The number of hydrogen-bond acceptors (Lipinski definition) is 8. The molecule has 0 atom stereocenters. The monoisotopic (exact) mass is 267 g/mol. The summed E-state index contributed by atoms with van der Waals surface area (Å²) in [5.41, 5.74) is -2.02. The molecule has 0 N–H and O–H groups in total. The van der Waals surface area contributed by atoms with Crippen molar-refractivity contribution in [3.63, 3.8) is 0 Å². The van der Waals surface area contributed by atoms with Crippen LogP contribution in [0.4, 0.5) is 0 Å². The van der Waals surface area contributed by atoms with Gasteiger partial charge < -0.3 is 0 Å². The molecule has 1 aliphatic heterocycles. The second kappa shape index (κ2) is 3.44. The molecule has 11 nitrogen and oxygen atoms in total. The summed E-state index contributed by atoms with van der Waals surface area (Å²) in [4.78, 5) is 23.8. The van der Waals surface area contributed by atoms with Crippen molar-refractivity contribution in [2.45, 2.75) is 11.9 Å². The van der Waals surface area contributed by atoms with E-state index in [1.165, 1.54) is 0 Å². The Morgan fingerprint density at radius 2 is 1.53 bits per heavy atom. The van der Waals surface area contributed by atoms with E-state index in [4.69, 9.17) is 0 Å². The van der Waals surface area contributed by atoms with E-state index in [0.29, 0.717) is 6.92 Å². The van der Waals surface area contributed by atoms with Crippen LogP contribution in [0.1, 0.15) is 6.92 Å². The topological polar surface area (TPSA) is 164 Å². The lowest BCUT2D eigenvalue weighted by Gasteiger charge is -2.10. The van der Waals surface area contributed by atoms with Crippen molar-refractivity contribution in [3.05, 3.63) is 41.6 Å². The Balaban J connectivity index is 3.74. The van der Waals surface area contributed by atoms with Crippen molar-refractivity contribution < 1.29 is 23.2 Å². The first-order valence-electron chi connectivity index (χ1n) is 3.95. The number of hydrogen-bond donors (Lipinski definition) is 0. The molecule has 94 valence electrons. The predicted octanol–water partition coefficient (Wildman–Crippen LogP) is -0.827. The van der Waals surface area contributed by atoms with Crippen molar-refractivity contribution in [1.82, 2.24) is 0 Å². The summed E-state index contributed by atoms with van der Waals surface area (Å²) in [5, 5.41) is 31.8. The molecule has 0 bridgehead atoms. The molecule has 1 rings (SSSR count). The van der Waals surface area contributed by atoms with E-state index >= 15 is 0 Å². The zero-order chi connectivity index (χ0) is 13.6. The molecule has 0 spiro atoms. The summed E-state index contributed by atoms with van der Waals surface area (Å²) in [6.45, 7) is 0.703. The number of rotatable bonds is 3. The standard InChI is InChI=1S/C5H5N3O8S/c1-3-4(6(9)10)2-17(15,16)5(3,7(11)12)8(13)14/h2H2,1H3. The Morgan fingerprint density at radius 1 is 1.12 bits per heavy atom. The maximum absolute atomic E-state index is 11.5. The molecule has 12 heteroatoms. The quantitative estimate of drug-likeness (QED) is 0.363. The minimum absolute atomic E-state index is 0.703. The highest BCUT2D eigenvalue weighted by Gasteiger charge is 2.77. The van der Waals surface area contributed by atoms with Crippen molar-refractivity contribution >= 4 is 9.84 Å². The van der Waals surface area contributed by atoms with Gasteiger partial charge in [0.2, 0.25) is 0 Å². The van der Waals surface area contributed by atoms with Gasteiger partial charge in [0.25, 0.3) is 5.70 Å². The van der Waals surface area contributed by atoms with E-state index in [9.17, 15) is 38.8 Å². The van der Waals surface area contributed by atoms with Crippen LogP contribution in [0.2, 0.25) is 0 Å². The molecule has 17 heavy (non-hydrogen) atoms. The number of nitro groups is 3. The third kappa shape index (κ3) is 1.37. The molecule has 0 aromatic rings. The van der Waals surface area contributed by atoms with Crippen LogP contribution in [0.3, 0.4) is 0 Å². The molecular formula is C5H5N3O8S. The van der Waals surface area contributed by atoms with Crippen LogP contribution in [-0.4, -0.2) is 33.9 Å². The Bertz CT molecular complexity index is 546. The highest BCUT2D eigenvalue weighted by Crippen LogP contribution is 2.38. The summed E-state index contributed by atoms with van der Waals surface area (Å²) in [7, 11) is -4.90. The van der Waals surface area contributed by atoms with Gasteiger partial charge in [0.15, 0.2) is 11.3 Å². The fraction of sp³-hybridized carbons (Fsp3) is 0.600. The van der Waals surface area contributed by atoms with Crippen molar-refractivity contribution in [3.8, 4) is 0 Å². The van der Waals surface area contributed by atoms with Crippen LogP contribution < -0.4 is 0 Å². The highest BCUT2D eigenvalue weighted by molar-refractivity contribution is 7.93. The van der Waals surface area contributed by atoms with Crippen LogP contribution in [0.25, 0.3) is 0 Å². The largest absolute Gasteiger partial charge is 0.585 e. The fourth-order valence-corrected chi connectivity index (χ4v) is 3.49. The van der Waals surface area contributed by atoms with E-state index in [0.717, 1.165) is 0 Å². The predicted molar refractivity (Wildman–Crippen MR) is 50.2 cm³/mol. The second-order valence-corrected chi connectivity index (χ2v) is 5.30. The molecule has 1 heterocycles. The van der Waals surface area contributed by atoms with Gasteiger partial charge in [0.1, 0.15) is 9.85 Å². The van der Waals surface area contributed by atoms with Gasteiger partial charge in [0.05, 0.1) is 4.92 Å². The van der Waals surface area contributed by atoms with Crippen molar-refractivity contribution in [1.29, 1.82) is 0 Å². The first-order chi connectivity index (χ1) is 7.59. The summed E-state index contributed by atoms with van der Waals surface area (Å²) in [6.07, 6.45) is 0. The zero-order valence-corrected chi connectivity index (χ0v) is 9.04. The van der Waals surface area contributed by atoms with Gasteiger partial charge in [-0.2, -0.15) is 0 Å². The zero-order valence-electron chi connectivity index (χ0n) is 8.22. The molecule has 0 saturated carbocycles. The van der Waals surface area contributed by atoms with Gasteiger partial charge in [-0.1, -0.05) is 0 Å². The molecule has 0 saturated heterocycles. The molecule has 0 radical (unpaired) electrons. The van der Waals surface area contributed by atoms with Crippen LogP contribution >= 0.6 is 0 Å². The summed E-state index contributed by atoms with van der Waals surface area (Å²) < 4.78 is 22.9. The van der Waals surface area contributed by atoms with Gasteiger partial charge in [-0.3, -0.25) is 30.3 Å². The van der Waals surface area contributed by atoms with E-state index in [2.05, 4.69) is 0 Å². The van der Waals surface area contributed by atoms with Gasteiger partial charge in [0, 0.05) is 0 Å². The highest BCUT2D eigenvalue weighted by atomic mass is 32.2. The van der Waals surface area contributed by atoms with E-state index in [1.807, 2.05) is 0 Å². The van der Waals surface area contributed by atoms with Crippen LogP contribution in [0.15, 0.2) is 11.3 Å². The smallest absolute Gasteiger partial charge is 0.259 e. The third-order valence-corrected chi connectivity index (χ3v) is 4.52. The normalized spacial score (nSPS) is 21.2. The van der Waals surface area contributed by atoms with Crippen LogP contribution in [-0.2, 0) is 9.84 Å². The van der Waals surface area contributed by atoms with Gasteiger partial charge in [-0.15, -0.1) is 0 Å². The van der Waals surface area contributed by atoms with Gasteiger partial charge in [-0.25, -0.2) is 8.42 Å². The minimum atomic E-state index is -4.90. The number of nitrogens with zero attached hydrogens (tertiary/aromatic N) is 3. The molecule has 0 aromatic heterocycles. The lowest BCUT2D eigenvalue weighted by Crippen LogP contribution is -2.52. The maximum atomic E-state index is 11.5. The van der Waals surface area contributed by atoms with Gasteiger partial charge >= 0.3 is 14.8 Å². The van der Waals surface area contributed by atoms with Crippen LogP contribution in [0.5, 0.6) is 0 Å². The molecule has 0 amide bonds. The Labute approximate surface area is 93.1 Å². The molecule has 1 aliphatic rings. The Kier molecular flexibility index (Phi) is 2.62. The Hall–Kier alpha value is -2.11. The summed E-state index contributed by atoms with van der Waals surface area (Å²) in [6, 6.07) is 0. The fourth-order valence-electron chi connectivity index (χ4n) is 1.57. The first-order valence-corrected chi connectivity index (χ1v) is 5.60. The summed E-state index contributed by atoms with van der Waals surface area (Å²) in [5.74, 6) is -1.33.